The van der Waals surface area contributed by atoms with E-state index in [-0.39, 0.29) is 0 Å². The molecule has 106 valence electrons. The summed E-state index contributed by atoms with van der Waals surface area (Å²) < 4.78 is 2.02. The Bertz CT molecular complexity index is 629. The second kappa shape index (κ2) is 5.34. The Hall–Kier alpha value is -1.73. The number of piperazine rings is 1. The van der Waals surface area contributed by atoms with Crippen LogP contribution in [0.1, 0.15) is 0 Å². The first-order valence-corrected chi connectivity index (χ1v) is 7.07. The zero-order valence-corrected chi connectivity index (χ0v) is 12.3. The van der Waals surface area contributed by atoms with E-state index in [1.165, 1.54) is 0 Å². The fourth-order valence-corrected chi connectivity index (χ4v) is 2.80. The number of anilines is 1. The van der Waals surface area contributed by atoms with Gasteiger partial charge in [0, 0.05) is 46.0 Å². The van der Waals surface area contributed by atoms with Crippen molar-refractivity contribution in [2.75, 3.05) is 37.6 Å². The highest BCUT2D eigenvalue weighted by molar-refractivity contribution is 7.80. The number of nitrogens with zero attached hydrogens (tertiary/aromatic N) is 5. The van der Waals surface area contributed by atoms with E-state index < -0.39 is 0 Å². The molecular formula is C13H18N6S. The zero-order valence-electron chi connectivity index (χ0n) is 11.5. The van der Waals surface area contributed by atoms with E-state index in [1.807, 2.05) is 30.2 Å². The minimum atomic E-state index is 0.559. The highest BCUT2D eigenvalue weighted by Gasteiger charge is 2.20. The molecule has 2 aromatic heterocycles. The van der Waals surface area contributed by atoms with E-state index in [4.69, 9.17) is 18.0 Å². The van der Waals surface area contributed by atoms with Gasteiger partial charge in [-0.25, -0.2) is 9.97 Å². The van der Waals surface area contributed by atoms with Crippen molar-refractivity contribution in [1.29, 1.82) is 0 Å². The lowest BCUT2D eigenvalue weighted by molar-refractivity contribution is 0.292. The second-order valence-corrected chi connectivity index (χ2v) is 5.61. The number of hydrogen-bond acceptors (Lipinski definition) is 5. The van der Waals surface area contributed by atoms with E-state index in [0.29, 0.717) is 11.5 Å². The molecule has 0 bridgehead atoms. The highest BCUT2D eigenvalue weighted by Crippen LogP contribution is 2.23. The van der Waals surface area contributed by atoms with Crippen molar-refractivity contribution in [2.24, 2.45) is 12.8 Å². The van der Waals surface area contributed by atoms with Crippen molar-refractivity contribution in [2.45, 2.75) is 0 Å². The summed E-state index contributed by atoms with van der Waals surface area (Å²) in [6, 6.07) is 1.99. The summed E-state index contributed by atoms with van der Waals surface area (Å²) in [6.45, 7) is 4.44. The van der Waals surface area contributed by atoms with Crippen LogP contribution in [0.4, 0.5) is 5.82 Å². The smallest absolute Gasteiger partial charge is 0.156 e. The minimum Gasteiger partial charge on any atom is -0.392 e. The lowest BCUT2D eigenvalue weighted by atomic mass is 10.3. The normalized spacial score (nSPS) is 16.8. The van der Waals surface area contributed by atoms with E-state index in [2.05, 4.69) is 19.8 Å². The molecule has 0 atom stereocenters. The molecule has 1 fully saturated rings. The maximum absolute atomic E-state index is 5.60. The van der Waals surface area contributed by atoms with Gasteiger partial charge in [-0.2, -0.15) is 0 Å². The van der Waals surface area contributed by atoms with Crippen LogP contribution < -0.4 is 10.6 Å². The van der Waals surface area contributed by atoms with Gasteiger partial charge in [0.2, 0.25) is 0 Å². The van der Waals surface area contributed by atoms with Crippen molar-refractivity contribution in [3.05, 3.63) is 18.6 Å². The monoisotopic (exact) mass is 290 g/mol. The summed E-state index contributed by atoms with van der Waals surface area (Å²) in [7, 11) is 2.00. The van der Waals surface area contributed by atoms with Crippen LogP contribution in [0.15, 0.2) is 18.6 Å². The number of rotatable bonds is 3. The number of thiocarbonyl (C=S) groups is 1. The average Bonchev–Trinajstić information content (AvgIpc) is 2.81. The van der Waals surface area contributed by atoms with Crippen LogP contribution in [0.2, 0.25) is 0 Å². The third kappa shape index (κ3) is 2.46. The van der Waals surface area contributed by atoms with Gasteiger partial charge in [-0.3, -0.25) is 4.90 Å². The summed E-state index contributed by atoms with van der Waals surface area (Å²) in [5.41, 5.74) is 7.68. The molecule has 0 aromatic carbocycles. The number of aromatic nitrogens is 3. The van der Waals surface area contributed by atoms with Gasteiger partial charge in [0.05, 0.1) is 16.8 Å². The standard InChI is InChI=1S/C13H18N6S/c1-17-9-16-12-10(17)2-3-15-13(12)19-6-4-18(5-7-19)8-11(14)20/h2-3,9H,4-8H2,1H3,(H2,14,20). The summed E-state index contributed by atoms with van der Waals surface area (Å²) in [5, 5.41) is 0. The Labute approximate surface area is 123 Å². The predicted octanol–water partition coefficient (Wildman–Crippen LogP) is 0.376. The third-order valence-electron chi connectivity index (χ3n) is 3.67. The maximum Gasteiger partial charge on any atom is 0.156 e. The molecule has 0 aliphatic carbocycles. The van der Waals surface area contributed by atoms with Gasteiger partial charge in [0.15, 0.2) is 5.82 Å². The molecule has 0 amide bonds. The molecule has 0 saturated carbocycles. The van der Waals surface area contributed by atoms with Gasteiger partial charge in [-0.15, -0.1) is 0 Å². The molecule has 3 heterocycles. The second-order valence-electron chi connectivity index (χ2n) is 5.09. The van der Waals surface area contributed by atoms with Crippen molar-refractivity contribution in [3.63, 3.8) is 0 Å². The molecule has 2 aromatic rings. The summed E-state index contributed by atoms with van der Waals surface area (Å²) in [5.74, 6) is 0.970. The molecule has 1 aliphatic rings. The van der Waals surface area contributed by atoms with Crippen LogP contribution in [-0.4, -0.2) is 57.1 Å². The van der Waals surface area contributed by atoms with Crippen LogP contribution in [-0.2, 0) is 7.05 Å². The van der Waals surface area contributed by atoms with E-state index in [1.54, 1.807) is 0 Å². The van der Waals surface area contributed by atoms with Crippen LogP contribution in [0, 0.1) is 0 Å². The SMILES string of the molecule is Cn1cnc2c(N3CCN(CC(N)=S)CC3)nccc21. The van der Waals surface area contributed by atoms with Crippen molar-refractivity contribution >= 4 is 34.1 Å². The number of pyridine rings is 1. The van der Waals surface area contributed by atoms with Gasteiger partial charge < -0.3 is 15.2 Å². The van der Waals surface area contributed by atoms with Gasteiger partial charge in [-0.1, -0.05) is 12.2 Å². The molecular weight excluding hydrogens is 272 g/mol. The Balaban J connectivity index is 1.78. The third-order valence-corrected chi connectivity index (χ3v) is 3.80. The largest absolute Gasteiger partial charge is 0.392 e. The molecule has 0 radical (unpaired) electrons. The first-order valence-electron chi connectivity index (χ1n) is 6.67. The maximum atomic E-state index is 5.60. The van der Waals surface area contributed by atoms with Gasteiger partial charge >= 0.3 is 0 Å². The summed E-state index contributed by atoms with van der Waals surface area (Å²) in [4.78, 5) is 14.1. The average molecular weight is 290 g/mol. The van der Waals surface area contributed by atoms with Crippen LogP contribution in [0.3, 0.4) is 0 Å². The molecule has 0 unspecified atom stereocenters. The first kappa shape index (κ1) is 13.3. The van der Waals surface area contributed by atoms with Crippen LogP contribution in [0.5, 0.6) is 0 Å². The van der Waals surface area contributed by atoms with Crippen LogP contribution >= 0.6 is 12.2 Å². The lowest BCUT2D eigenvalue weighted by Gasteiger charge is -2.35. The quantitative estimate of drug-likeness (QED) is 0.825. The Morgan fingerprint density at radius 1 is 1.30 bits per heavy atom. The number of fused-ring (bicyclic) bond motifs is 1. The number of imidazole rings is 1. The number of aryl methyl sites for hydroxylation is 1. The Morgan fingerprint density at radius 2 is 2.05 bits per heavy atom. The topological polar surface area (TPSA) is 63.2 Å². The first-order chi connectivity index (χ1) is 9.65. The van der Waals surface area contributed by atoms with Crippen molar-refractivity contribution < 1.29 is 0 Å². The van der Waals surface area contributed by atoms with E-state index in [0.717, 1.165) is 43.0 Å². The predicted molar refractivity (Wildman–Crippen MR) is 83.9 cm³/mol. The fraction of sp³-hybridized carbons (Fsp3) is 0.462. The van der Waals surface area contributed by atoms with E-state index >= 15 is 0 Å². The number of nitrogens with two attached hydrogens (primary N) is 1. The fourth-order valence-electron chi connectivity index (χ4n) is 2.62. The Kier molecular flexibility index (Phi) is 3.54. The van der Waals surface area contributed by atoms with Crippen LogP contribution in [0.25, 0.3) is 11.0 Å². The molecule has 7 heteroatoms. The van der Waals surface area contributed by atoms with Crippen molar-refractivity contribution in [1.82, 2.24) is 19.4 Å². The summed E-state index contributed by atoms with van der Waals surface area (Å²) in [6.07, 6.45) is 3.68. The zero-order chi connectivity index (χ0) is 14.1. The molecule has 3 rings (SSSR count). The summed E-state index contributed by atoms with van der Waals surface area (Å²) >= 11 is 4.96. The van der Waals surface area contributed by atoms with Gasteiger partial charge in [-0.05, 0) is 6.07 Å². The molecule has 6 nitrogen and oxygen atoms in total. The van der Waals surface area contributed by atoms with Gasteiger partial charge in [0.25, 0.3) is 0 Å². The molecule has 0 spiro atoms. The highest BCUT2D eigenvalue weighted by atomic mass is 32.1. The molecule has 1 aliphatic heterocycles. The van der Waals surface area contributed by atoms with Gasteiger partial charge in [0.1, 0.15) is 5.52 Å². The molecule has 2 N–H and O–H groups in total. The lowest BCUT2D eigenvalue weighted by Crippen LogP contribution is -2.48. The molecule has 1 saturated heterocycles. The Morgan fingerprint density at radius 3 is 2.75 bits per heavy atom. The van der Waals surface area contributed by atoms with E-state index in [9.17, 15) is 0 Å². The molecule has 20 heavy (non-hydrogen) atoms. The minimum absolute atomic E-state index is 0.559. The number of hydrogen-bond donors (Lipinski definition) is 1. The van der Waals surface area contributed by atoms with Crippen molar-refractivity contribution in [3.8, 4) is 0 Å².